The number of anilines is 3. The Bertz CT molecular complexity index is 1600. The summed E-state index contributed by atoms with van der Waals surface area (Å²) in [5.74, 6) is 0.399. The van der Waals surface area contributed by atoms with Gasteiger partial charge in [-0.1, -0.05) is 18.2 Å². The summed E-state index contributed by atoms with van der Waals surface area (Å²) in [5, 5.41) is 0. The third-order valence-corrected chi connectivity index (χ3v) is 9.02. The van der Waals surface area contributed by atoms with Crippen molar-refractivity contribution in [2.24, 2.45) is 0 Å². The molecule has 4 aliphatic rings. The van der Waals surface area contributed by atoms with Gasteiger partial charge in [0.15, 0.2) is 5.82 Å². The van der Waals surface area contributed by atoms with E-state index in [1.165, 1.54) is 12.1 Å². The maximum Gasteiger partial charge on any atom is 0.260 e. The molecule has 42 heavy (non-hydrogen) atoms. The first-order valence-corrected chi connectivity index (χ1v) is 14.5. The van der Waals surface area contributed by atoms with Crippen LogP contribution in [0.2, 0.25) is 0 Å². The maximum atomic E-state index is 14.2. The van der Waals surface area contributed by atoms with Gasteiger partial charge >= 0.3 is 0 Å². The molecular formula is C32H33FN6O3. The Morgan fingerprint density at radius 3 is 2.33 bits per heavy atom. The molecule has 216 valence electrons. The van der Waals surface area contributed by atoms with E-state index in [0.29, 0.717) is 41.5 Å². The molecule has 4 heterocycles. The molecule has 2 fully saturated rings. The van der Waals surface area contributed by atoms with E-state index in [-0.39, 0.29) is 35.6 Å². The number of hydrogen-bond acceptors (Lipinski definition) is 6. The first-order chi connectivity index (χ1) is 20.2. The Balaban J connectivity index is 1.31. The number of likely N-dealkylation sites (N-methyl/N-ethyl adjacent to an activating group) is 2. The van der Waals surface area contributed by atoms with Crippen LogP contribution in [0.1, 0.15) is 57.7 Å². The molecule has 9 nitrogen and oxygen atoms in total. The fourth-order valence-corrected chi connectivity index (χ4v) is 6.46. The van der Waals surface area contributed by atoms with Crippen molar-refractivity contribution in [1.82, 2.24) is 14.8 Å². The summed E-state index contributed by atoms with van der Waals surface area (Å²) in [4.78, 5) is 55.0. The lowest BCUT2D eigenvalue weighted by Gasteiger charge is -2.40. The van der Waals surface area contributed by atoms with Crippen LogP contribution in [0.3, 0.4) is 0 Å². The van der Waals surface area contributed by atoms with Gasteiger partial charge in [0.1, 0.15) is 17.7 Å². The first-order valence-electron chi connectivity index (χ1n) is 14.5. The van der Waals surface area contributed by atoms with Gasteiger partial charge in [0.25, 0.3) is 11.8 Å². The molecule has 1 saturated carbocycles. The van der Waals surface area contributed by atoms with Crippen LogP contribution in [0.15, 0.2) is 54.6 Å². The van der Waals surface area contributed by atoms with Crippen molar-refractivity contribution in [3.63, 3.8) is 0 Å². The van der Waals surface area contributed by atoms with Crippen molar-refractivity contribution in [3.8, 4) is 0 Å². The van der Waals surface area contributed by atoms with Gasteiger partial charge < -0.3 is 19.6 Å². The minimum Gasteiger partial charge on any atom is -0.340 e. The van der Waals surface area contributed by atoms with Gasteiger partial charge in [0.2, 0.25) is 5.91 Å². The number of aromatic nitrogens is 1. The summed E-state index contributed by atoms with van der Waals surface area (Å²) < 4.78 is 14.0. The normalized spacial score (nSPS) is 22.5. The third kappa shape index (κ3) is 4.24. The fraction of sp³-hybridized carbons (Fsp3) is 0.375. The molecule has 3 aromatic rings. The molecule has 2 unspecified atom stereocenters. The van der Waals surface area contributed by atoms with Gasteiger partial charge in [-0.15, -0.1) is 0 Å². The van der Waals surface area contributed by atoms with Crippen LogP contribution in [-0.4, -0.2) is 84.9 Å². The quantitative estimate of drug-likeness (QED) is 0.478. The van der Waals surface area contributed by atoms with Crippen LogP contribution >= 0.6 is 0 Å². The van der Waals surface area contributed by atoms with Gasteiger partial charge in [0.05, 0.1) is 11.7 Å². The SMILES string of the molecule is CC1C(=O)N(C)c2ccc(N3C(=O)c4cc(C(=O)N5CCN(C)CC5)ccc4C3c3ccc(F)cc3)nc2N1C1CC1. The number of piperazine rings is 1. The van der Waals surface area contributed by atoms with Crippen LogP contribution < -0.4 is 14.7 Å². The second-order valence-corrected chi connectivity index (χ2v) is 11.8. The zero-order chi connectivity index (χ0) is 29.3. The van der Waals surface area contributed by atoms with E-state index in [1.54, 1.807) is 47.2 Å². The zero-order valence-electron chi connectivity index (χ0n) is 24.0. The lowest BCUT2D eigenvalue weighted by Crippen LogP contribution is -2.52. The van der Waals surface area contributed by atoms with Crippen molar-refractivity contribution < 1.29 is 18.8 Å². The van der Waals surface area contributed by atoms with E-state index >= 15 is 0 Å². The topological polar surface area (TPSA) is 80.3 Å². The first kappa shape index (κ1) is 26.6. The van der Waals surface area contributed by atoms with Crippen LogP contribution in [0.25, 0.3) is 0 Å². The van der Waals surface area contributed by atoms with E-state index in [9.17, 15) is 18.8 Å². The second-order valence-electron chi connectivity index (χ2n) is 11.8. The smallest absolute Gasteiger partial charge is 0.260 e. The number of carbonyl (C=O) groups is 3. The average Bonchev–Trinajstić information content (AvgIpc) is 3.79. The number of benzene rings is 2. The molecule has 2 atom stereocenters. The van der Waals surface area contributed by atoms with E-state index in [1.807, 2.05) is 31.0 Å². The molecule has 0 N–H and O–H groups in total. The molecule has 10 heteroatoms. The lowest BCUT2D eigenvalue weighted by molar-refractivity contribution is -0.119. The van der Waals surface area contributed by atoms with Gasteiger partial charge in [-0.2, -0.15) is 0 Å². The number of hydrogen-bond donors (Lipinski definition) is 0. The highest BCUT2D eigenvalue weighted by Crippen LogP contribution is 2.46. The highest BCUT2D eigenvalue weighted by molar-refractivity contribution is 6.13. The van der Waals surface area contributed by atoms with Crippen LogP contribution in [0, 0.1) is 5.82 Å². The molecular weight excluding hydrogens is 535 g/mol. The molecule has 7 rings (SSSR count). The van der Waals surface area contributed by atoms with E-state index in [0.717, 1.165) is 37.1 Å². The predicted octanol–water partition coefficient (Wildman–Crippen LogP) is 3.69. The second kappa shape index (κ2) is 9.90. The summed E-state index contributed by atoms with van der Waals surface area (Å²) in [6.07, 6.45) is 1.98. The molecule has 1 aliphatic carbocycles. The predicted molar refractivity (Wildman–Crippen MR) is 158 cm³/mol. The highest BCUT2D eigenvalue weighted by atomic mass is 19.1. The van der Waals surface area contributed by atoms with Gasteiger partial charge in [-0.3, -0.25) is 19.3 Å². The molecule has 0 bridgehead atoms. The number of amides is 3. The van der Waals surface area contributed by atoms with Gasteiger partial charge in [0, 0.05) is 50.4 Å². The average molecular weight is 569 g/mol. The fourth-order valence-electron chi connectivity index (χ4n) is 6.46. The number of fused-ring (bicyclic) bond motifs is 2. The number of carbonyl (C=O) groups excluding carboxylic acids is 3. The number of rotatable bonds is 4. The number of nitrogens with zero attached hydrogens (tertiary/aromatic N) is 6. The minimum absolute atomic E-state index is 0.00957. The highest BCUT2D eigenvalue weighted by Gasteiger charge is 2.45. The van der Waals surface area contributed by atoms with Crippen LogP contribution in [0.5, 0.6) is 0 Å². The largest absolute Gasteiger partial charge is 0.340 e. The zero-order valence-corrected chi connectivity index (χ0v) is 24.0. The van der Waals surface area contributed by atoms with E-state index in [4.69, 9.17) is 4.98 Å². The summed E-state index contributed by atoms with van der Waals surface area (Å²) in [6, 6.07) is 14.4. The Kier molecular flexibility index (Phi) is 6.27. The van der Waals surface area contributed by atoms with E-state index < -0.39 is 6.04 Å². The monoisotopic (exact) mass is 568 g/mol. The Labute approximate surface area is 244 Å². The maximum absolute atomic E-state index is 14.2. The van der Waals surface area contributed by atoms with Crippen molar-refractivity contribution in [3.05, 3.63) is 82.7 Å². The van der Waals surface area contributed by atoms with Crippen molar-refractivity contribution in [2.75, 3.05) is 55.0 Å². The minimum atomic E-state index is -0.554. The lowest BCUT2D eigenvalue weighted by atomic mass is 9.96. The summed E-state index contributed by atoms with van der Waals surface area (Å²) in [7, 11) is 3.79. The summed E-state index contributed by atoms with van der Waals surface area (Å²) in [6.45, 7) is 4.77. The van der Waals surface area contributed by atoms with Crippen molar-refractivity contribution in [1.29, 1.82) is 0 Å². The van der Waals surface area contributed by atoms with Gasteiger partial charge in [-0.25, -0.2) is 9.37 Å². The van der Waals surface area contributed by atoms with Crippen LogP contribution in [-0.2, 0) is 4.79 Å². The Hall–Kier alpha value is -4.31. The molecule has 0 spiro atoms. The molecule has 0 radical (unpaired) electrons. The Morgan fingerprint density at radius 1 is 0.929 bits per heavy atom. The van der Waals surface area contributed by atoms with Crippen LogP contribution in [0.4, 0.5) is 21.7 Å². The number of pyridine rings is 1. The summed E-state index contributed by atoms with van der Waals surface area (Å²) in [5.41, 5.74) is 3.08. The number of halogens is 1. The van der Waals surface area contributed by atoms with Crippen molar-refractivity contribution in [2.45, 2.75) is 37.9 Å². The molecule has 2 aromatic carbocycles. The molecule has 3 aliphatic heterocycles. The molecule has 1 saturated heterocycles. The van der Waals surface area contributed by atoms with E-state index in [2.05, 4.69) is 9.80 Å². The molecule has 3 amide bonds. The summed E-state index contributed by atoms with van der Waals surface area (Å²) >= 11 is 0. The van der Waals surface area contributed by atoms with Gasteiger partial charge in [-0.05, 0) is 74.3 Å². The standard InChI is InChI=1S/C32H33FN6O3/c1-19-30(40)36(3)26-12-13-27(34-29(26)38(19)23-9-10-23)39-28(20-4-7-22(33)8-5-20)24-11-6-21(18-25(24)32(39)42)31(41)37-16-14-35(2)15-17-37/h4-8,11-13,18-19,23,28H,9-10,14-17H2,1-3H3. The Morgan fingerprint density at radius 2 is 1.64 bits per heavy atom. The molecule has 1 aromatic heterocycles. The third-order valence-electron chi connectivity index (χ3n) is 9.02. The van der Waals surface area contributed by atoms with Crippen molar-refractivity contribution >= 4 is 35.0 Å².